The molecule has 0 bridgehead atoms. The van der Waals surface area contributed by atoms with E-state index in [1.807, 2.05) is 44.2 Å². The molecule has 16 heavy (non-hydrogen) atoms. The summed E-state index contributed by atoms with van der Waals surface area (Å²) in [5.74, 6) is 0. The maximum absolute atomic E-state index is 6.08. The minimum atomic E-state index is 0.732. The van der Waals surface area contributed by atoms with Crippen LogP contribution in [0.5, 0.6) is 0 Å². The van der Waals surface area contributed by atoms with E-state index in [1.54, 1.807) is 0 Å². The molecule has 1 heterocycles. The van der Waals surface area contributed by atoms with Crippen LogP contribution in [0.3, 0.4) is 0 Å². The van der Waals surface area contributed by atoms with Gasteiger partial charge in [0.25, 0.3) is 0 Å². The summed E-state index contributed by atoms with van der Waals surface area (Å²) in [5, 5.41) is 1.47. The van der Waals surface area contributed by atoms with Crippen molar-refractivity contribution in [1.82, 2.24) is 9.97 Å². The summed E-state index contributed by atoms with van der Waals surface area (Å²) in [4.78, 5) is 9.71. The molecule has 0 aliphatic carbocycles. The van der Waals surface area contributed by atoms with Crippen LogP contribution >= 0.6 is 23.4 Å². The molecule has 0 aliphatic heterocycles. The molecular formula is C12H11ClN2S. The van der Waals surface area contributed by atoms with E-state index >= 15 is 0 Å². The molecule has 0 radical (unpaired) electrons. The van der Waals surface area contributed by atoms with E-state index < -0.39 is 0 Å². The molecule has 82 valence electrons. The second-order valence-corrected chi connectivity index (χ2v) is 4.88. The summed E-state index contributed by atoms with van der Waals surface area (Å²) in [5.41, 5.74) is 1.95. The van der Waals surface area contributed by atoms with Crippen molar-refractivity contribution in [2.24, 2.45) is 0 Å². The minimum Gasteiger partial charge on any atom is -0.228 e. The van der Waals surface area contributed by atoms with E-state index in [-0.39, 0.29) is 0 Å². The Morgan fingerprint density at radius 3 is 2.31 bits per heavy atom. The summed E-state index contributed by atoms with van der Waals surface area (Å²) in [6.07, 6.45) is 0. The second-order valence-electron chi connectivity index (χ2n) is 3.47. The molecule has 1 aromatic heterocycles. The first-order valence-corrected chi connectivity index (χ1v) is 6.09. The molecule has 0 atom stereocenters. The van der Waals surface area contributed by atoms with E-state index in [2.05, 4.69) is 9.97 Å². The van der Waals surface area contributed by atoms with Crippen LogP contribution < -0.4 is 0 Å². The molecule has 0 fully saturated rings. The van der Waals surface area contributed by atoms with Crippen LogP contribution in [-0.4, -0.2) is 9.97 Å². The summed E-state index contributed by atoms with van der Waals surface area (Å²) in [6, 6.07) is 9.66. The quantitative estimate of drug-likeness (QED) is 0.756. The molecule has 0 N–H and O–H groups in total. The van der Waals surface area contributed by atoms with Crippen molar-refractivity contribution in [2.45, 2.75) is 23.9 Å². The third kappa shape index (κ3) is 2.74. The van der Waals surface area contributed by atoms with Crippen LogP contribution in [0, 0.1) is 13.8 Å². The number of hydrogen-bond acceptors (Lipinski definition) is 3. The minimum absolute atomic E-state index is 0.732. The van der Waals surface area contributed by atoms with Gasteiger partial charge >= 0.3 is 0 Å². The molecule has 0 unspecified atom stereocenters. The van der Waals surface area contributed by atoms with Gasteiger partial charge in [-0.3, -0.25) is 0 Å². The van der Waals surface area contributed by atoms with Crippen molar-refractivity contribution < 1.29 is 0 Å². The number of aryl methyl sites for hydroxylation is 2. The molecule has 2 aromatic rings. The number of rotatable bonds is 2. The first-order chi connectivity index (χ1) is 7.65. The van der Waals surface area contributed by atoms with E-state index in [0.29, 0.717) is 0 Å². The molecule has 1 aromatic carbocycles. The molecule has 0 saturated carbocycles. The van der Waals surface area contributed by atoms with E-state index in [4.69, 9.17) is 11.6 Å². The highest BCUT2D eigenvalue weighted by molar-refractivity contribution is 7.99. The zero-order chi connectivity index (χ0) is 11.5. The maximum atomic E-state index is 6.08. The summed E-state index contributed by atoms with van der Waals surface area (Å²) in [6.45, 7) is 3.93. The Kier molecular flexibility index (Phi) is 3.46. The van der Waals surface area contributed by atoms with Crippen LogP contribution in [0.4, 0.5) is 0 Å². The highest BCUT2D eigenvalue weighted by Crippen LogP contribution is 2.30. The summed E-state index contributed by atoms with van der Waals surface area (Å²) >= 11 is 7.57. The van der Waals surface area contributed by atoms with Gasteiger partial charge in [0, 0.05) is 16.3 Å². The predicted molar refractivity (Wildman–Crippen MR) is 67.1 cm³/mol. The smallest absolute Gasteiger partial charge is 0.192 e. The van der Waals surface area contributed by atoms with Gasteiger partial charge in [0.1, 0.15) is 0 Å². The van der Waals surface area contributed by atoms with E-state index in [0.717, 1.165) is 26.5 Å². The molecule has 0 aliphatic rings. The fourth-order valence-electron chi connectivity index (χ4n) is 1.37. The highest BCUT2D eigenvalue weighted by Gasteiger charge is 2.05. The maximum Gasteiger partial charge on any atom is 0.192 e. The Bertz CT molecular complexity index is 494. The van der Waals surface area contributed by atoms with E-state index in [9.17, 15) is 0 Å². The predicted octanol–water partition coefficient (Wildman–Crippen LogP) is 3.90. The van der Waals surface area contributed by atoms with Crippen molar-refractivity contribution in [3.8, 4) is 0 Å². The lowest BCUT2D eigenvalue weighted by Gasteiger charge is -2.04. The average molecular weight is 251 g/mol. The van der Waals surface area contributed by atoms with Crippen LogP contribution in [0.1, 0.15) is 11.4 Å². The van der Waals surface area contributed by atoms with Gasteiger partial charge in [0.15, 0.2) is 5.16 Å². The summed E-state index contributed by atoms with van der Waals surface area (Å²) < 4.78 is 0. The lowest BCUT2D eigenvalue weighted by Crippen LogP contribution is -1.92. The lowest BCUT2D eigenvalue weighted by atomic mass is 10.4. The molecule has 0 spiro atoms. The van der Waals surface area contributed by atoms with E-state index in [1.165, 1.54) is 11.8 Å². The Labute approximate surface area is 104 Å². The molecule has 2 rings (SSSR count). The first-order valence-electron chi connectivity index (χ1n) is 4.90. The van der Waals surface area contributed by atoms with Gasteiger partial charge in [0.05, 0.1) is 5.02 Å². The van der Waals surface area contributed by atoms with Crippen molar-refractivity contribution in [2.75, 3.05) is 0 Å². The van der Waals surface area contributed by atoms with Gasteiger partial charge in [0.2, 0.25) is 0 Å². The number of benzene rings is 1. The van der Waals surface area contributed by atoms with Crippen LogP contribution in [0.2, 0.25) is 5.02 Å². The zero-order valence-electron chi connectivity index (χ0n) is 9.07. The van der Waals surface area contributed by atoms with Crippen LogP contribution in [0.25, 0.3) is 0 Å². The fraction of sp³-hybridized carbons (Fsp3) is 0.167. The number of nitrogens with zero attached hydrogens (tertiary/aromatic N) is 2. The molecule has 0 saturated heterocycles. The Morgan fingerprint density at radius 2 is 1.69 bits per heavy atom. The van der Waals surface area contributed by atoms with Gasteiger partial charge in [-0.2, -0.15) is 0 Å². The van der Waals surface area contributed by atoms with Gasteiger partial charge < -0.3 is 0 Å². The molecule has 4 heteroatoms. The lowest BCUT2D eigenvalue weighted by molar-refractivity contribution is 0.902. The first kappa shape index (κ1) is 11.4. The standard InChI is InChI=1S/C12H11ClN2S/c1-8-7-9(2)15-12(14-8)16-11-6-4-3-5-10(11)13/h3-7H,1-2H3. The van der Waals surface area contributed by atoms with Crippen molar-refractivity contribution in [3.05, 3.63) is 46.7 Å². The normalized spacial score (nSPS) is 10.4. The molecular weight excluding hydrogens is 240 g/mol. The van der Waals surface area contributed by atoms with Gasteiger partial charge in [-0.05, 0) is 43.8 Å². The highest BCUT2D eigenvalue weighted by atomic mass is 35.5. The fourth-order valence-corrected chi connectivity index (χ4v) is 2.50. The average Bonchev–Trinajstić information content (AvgIpc) is 2.20. The third-order valence-electron chi connectivity index (χ3n) is 2.00. The zero-order valence-corrected chi connectivity index (χ0v) is 10.6. The third-order valence-corrected chi connectivity index (χ3v) is 3.38. The monoisotopic (exact) mass is 250 g/mol. The van der Waals surface area contributed by atoms with Crippen LogP contribution in [-0.2, 0) is 0 Å². The largest absolute Gasteiger partial charge is 0.228 e. The topological polar surface area (TPSA) is 25.8 Å². The van der Waals surface area contributed by atoms with Crippen molar-refractivity contribution >= 4 is 23.4 Å². The van der Waals surface area contributed by atoms with Crippen LogP contribution in [0.15, 0.2) is 40.4 Å². The SMILES string of the molecule is Cc1cc(C)nc(Sc2ccccc2Cl)n1. The Balaban J connectivity index is 2.30. The molecule has 2 nitrogen and oxygen atoms in total. The molecule has 0 amide bonds. The van der Waals surface area contributed by atoms with Gasteiger partial charge in [-0.1, -0.05) is 23.7 Å². The number of hydrogen-bond donors (Lipinski definition) is 0. The van der Waals surface area contributed by atoms with Gasteiger partial charge in [-0.25, -0.2) is 9.97 Å². The summed E-state index contributed by atoms with van der Waals surface area (Å²) in [7, 11) is 0. The Morgan fingerprint density at radius 1 is 1.06 bits per heavy atom. The second kappa shape index (κ2) is 4.85. The number of halogens is 1. The van der Waals surface area contributed by atoms with Gasteiger partial charge in [-0.15, -0.1) is 0 Å². The van der Waals surface area contributed by atoms with Crippen molar-refractivity contribution in [1.29, 1.82) is 0 Å². The van der Waals surface area contributed by atoms with Crippen molar-refractivity contribution in [3.63, 3.8) is 0 Å². The Hall–Kier alpha value is -1.06. The number of aromatic nitrogens is 2.